The van der Waals surface area contributed by atoms with Crippen LogP contribution in [0.3, 0.4) is 0 Å². The van der Waals surface area contributed by atoms with Crippen LogP contribution in [0.25, 0.3) is 0 Å². The van der Waals surface area contributed by atoms with E-state index < -0.39 is 0 Å². The highest BCUT2D eigenvalue weighted by atomic mass is 19.1. The Morgan fingerprint density at radius 2 is 1.94 bits per heavy atom. The van der Waals surface area contributed by atoms with Gasteiger partial charge in [0.2, 0.25) is 0 Å². The van der Waals surface area contributed by atoms with E-state index in [4.69, 9.17) is 5.73 Å². The number of benzene rings is 1. The summed E-state index contributed by atoms with van der Waals surface area (Å²) in [7, 11) is 0. The molecule has 2 N–H and O–H groups in total. The molecular weight excluding hydrogens is 201 g/mol. The fourth-order valence-corrected chi connectivity index (χ4v) is 2.78. The summed E-state index contributed by atoms with van der Waals surface area (Å²) in [6, 6.07) is 5.42. The van der Waals surface area contributed by atoms with Gasteiger partial charge >= 0.3 is 0 Å². The lowest BCUT2D eigenvalue weighted by Crippen LogP contribution is -2.45. The van der Waals surface area contributed by atoms with Crippen molar-refractivity contribution in [2.75, 3.05) is 0 Å². The number of halogens is 1. The molecule has 1 aliphatic rings. The Morgan fingerprint density at radius 3 is 2.44 bits per heavy atom. The standard InChI is InChI=1S/C14H20FN/c1-10-5-6-11(9-12(10)15)14(16)8-4-7-13(14,2)3/h5-6,9H,4,7-8,16H2,1-3H3. The van der Waals surface area contributed by atoms with Crippen LogP contribution in [-0.4, -0.2) is 0 Å². The van der Waals surface area contributed by atoms with Crippen molar-refractivity contribution in [2.24, 2.45) is 11.1 Å². The third-order valence-corrected chi connectivity index (χ3v) is 4.27. The highest BCUT2D eigenvalue weighted by Gasteiger charge is 2.46. The third-order valence-electron chi connectivity index (χ3n) is 4.27. The van der Waals surface area contributed by atoms with E-state index in [0.29, 0.717) is 5.56 Å². The predicted octanol–water partition coefficient (Wildman–Crippen LogP) is 3.50. The Hall–Kier alpha value is -0.890. The molecule has 16 heavy (non-hydrogen) atoms. The second-order valence-corrected chi connectivity index (χ2v) is 5.67. The first kappa shape index (κ1) is 11.6. The SMILES string of the molecule is Cc1ccc(C2(N)CCCC2(C)C)cc1F. The van der Waals surface area contributed by atoms with Gasteiger partial charge in [0.05, 0.1) is 0 Å². The van der Waals surface area contributed by atoms with Crippen molar-refractivity contribution in [2.45, 2.75) is 45.6 Å². The van der Waals surface area contributed by atoms with E-state index in [1.807, 2.05) is 12.1 Å². The molecule has 1 fully saturated rings. The summed E-state index contributed by atoms with van der Waals surface area (Å²) in [5.41, 5.74) is 7.81. The Morgan fingerprint density at radius 1 is 1.25 bits per heavy atom. The smallest absolute Gasteiger partial charge is 0.126 e. The van der Waals surface area contributed by atoms with Crippen LogP contribution in [0.4, 0.5) is 4.39 Å². The zero-order valence-corrected chi connectivity index (χ0v) is 10.3. The van der Waals surface area contributed by atoms with Gasteiger partial charge in [-0.1, -0.05) is 32.4 Å². The molecule has 1 aromatic rings. The lowest BCUT2D eigenvalue weighted by atomic mass is 9.71. The van der Waals surface area contributed by atoms with Crippen molar-refractivity contribution in [1.29, 1.82) is 0 Å². The lowest BCUT2D eigenvalue weighted by molar-refractivity contribution is 0.209. The summed E-state index contributed by atoms with van der Waals surface area (Å²) in [4.78, 5) is 0. The minimum absolute atomic E-state index is 0.0503. The number of hydrogen-bond donors (Lipinski definition) is 1. The van der Waals surface area contributed by atoms with Crippen molar-refractivity contribution in [3.05, 3.63) is 35.1 Å². The quantitative estimate of drug-likeness (QED) is 0.771. The van der Waals surface area contributed by atoms with E-state index in [1.54, 1.807) is 13.0 Å². The van der Waals surface area contributed by atoms with Crippen LogP contribution in [0.1, 0.15) is 44.2 Å². The molecule has 88 valence electrons. The summed E-state index contributed by atoms with van der Waals surface area (Å²) < 4.78 is 13.6. The molecule has 0 amide bonds. The van der Waals surface area contributed by atoms with Gasteiger partial charge < -0.3 is 5.73 Å². The molecule has 0 radical (unpaired) electrons. The van der Waals surface area contributed by atoms with Crippen LogP contribution in [0.15, 0.2) is 18.2 Å². The Bertz CT molecular complexity index is 411. The van der Waals surface area contributed by atoms with Gasteiger partial charge in [-0.3, -0.25) is 0 Å². The zero-order valence-electron chi connectivity index (χ0n) is 10.3. The van der Waals surface area contributed by atoms with Crippen molar-refractivity contribution < 1.29 is 4.39 Å². The van der Waals surface area contributed by atoms with Gasteiger partial charge in [-0.25, -0.2) is 4.39 Å². The third kappa shape index (κ3) is 1.56. The van der Waals surface area contributed by atoms with Gasteiger partial charge in [-0.2, -0.15) is 0 Å². The van der Waals surface area contributed by atoms with Crippen molar-refractivity contribution in [3.8, 4) is 0 Å². The molecule has 0 spiro atoms. The van der Waals surface area contributed by atoms with Crippen molar-refractivity contribution >= 4 is 0 Å². The average molecular weight is 221 g/mol. The molecule has 1 aliphatic carbocycles. The Labute approximate surface area is 96.9 Å². The van der Waals surface area contributed by atoms with Gasteiger partial charge in [-0.15, -0.1) is 0 Å². The van der Waals surface area contributed by atoms with E-state index in [-0.39, 0.29) is 16.8 Å². The second kappa shape index (κ2) is 3.56. The molecule has 1 aromatic carbocycles. The number of rotatable bonds is 1. The van der Waals surface area contributed by atoms with Crippen LogP contribution < -0.4 is 5.73 Å². The summed E-state index contributed by atoms with van der Waals surface area (Å²) in [5.74, 6) is -0.148. The minimum Gasteiger partial charge on any atom is -0.321 e. The molecule has 1 atom stereocenters. The zero-order chi connectivity index (χ0) is 12.0. The molecule has 0 aliphatic heterocycles. The van der Waals surface area contributed by atoms with Crippen LogP contribution in [0.5, 0.6) is 0 Å². The van der Waals surface area contributed by atoms with E-state index in [1.165, 1.54) is 0 Å². The predicted molar refractivity (Wildman–Crippen MR) is 64.6 cm³/mol. The monoisotopic (exact) mass is 221 g/mol. The average Bonchev–Trinajstić information content (AvgIpc) is 2.47. The first-order valence-corrected chi connectivity index (χ1v) is 5.92. The molecule has 1 unspecified atom stereocenters. The van der Waals surface area contributed by atoms with Gasteiger partial charge in [0, 0.05) is 5.54 Å². The lowest BCUT2D eigenvalue weighted by Gasteiger charge is -2.38. The Balaban J connectivity index is 2.47. The van der Waals surface area contributed by atoms with Crippen LogP contribution in [0.2, 0.25) is 0 Å². The molecule has 1 nitrogen and oxygen atoms in total. The topological polar surface area (TPSA) is 26.0 Å². The largest absolute Gasteiger partial charge is 0.321 e. The number of aryl methyl sites for hydroxylation is 1. The molecule has 0 aromatic heterocycles. The summed E-state index contributed by atoms with van der Waals surface area (Å²) >= 11 is 0. The molecule has 1 saturated carbocycles. The van der Waals surface area contributed by atoms with Gasteiger partial charge in [0.25, 0.3) is 0 Å². The minimum atomic E-state index is -0.373. The van der Waals surface area contributed by atoms with Gasteiger partial charge in [0.1, 0.15) is 5.82 Å². The molecule has 2 rings (SSSR count). The maximum Gasteiger partial charge on any atom is 0.126 e. The van der Waals surface area contributed by atoms with Crippen LogP contribution >= 0.6 is 0 Å². The number of hydrogen-bond acceptors (Lipinski definition) is 1. The van der Waals surface area contributed by atoms with E-state index >= 15 is 0 Å². The van der Waals surface area contributed by atoms with E-state index in [2.05, 4.69) is 13.8 Å². The maximum absolute atomic E-state index is 13.6. The molecule has 0 saturated heterocycles. The first-order chi connectivity index (χ1) is 7.37. The first-order valence-electron chi connectivity index (χ1n) is 5.92. The molecule has 0 bridgehead atoms. The van der Waals surface area contributed by atoms with Gasteiger partial charge in [-0.05, 0) is 42.4 Å². The van der Waals surface area contributed by atoms with Crippen molar-refractivity contribution in [3.63, 3.8) is 0 Å². The summed E-state index contributed by atoms with van der Waals surface area (Å²) in [5, 5.41) is 0. The summed E-state index contributed by atoms with van der Waals surface area (Å²) in [6.07, 6.45) is 3.18. The fourth-order valence-electron chi connectivity index (χ4n) is 2.78. The second-order valence-electron chi connectivity index (χ2n) is 5.67. The highest BCUT2D eigenvalue weighted by molar-refractivity contribution is 5.32. The Kier molecular flexibility index (Phi) is 2.58. The molecule has 0 heterocycles. The molecular formula is C14H20FN. The fraction of sp³-hybridized carbons (Fsp3) is 0.571. The normalized spacial score (nSPS) is 28.3. The molecule has 2 heteroatoms. The van der Waals surface area contributed by atoms with Crippen LogP contribution in [-0.2, 0) is 5.54 Å². The van der Waals surface area contributed by atoms with E-state index in [0.717, 1.165) is 24.8 Å². The number of nitrogens with two attached hydrogens (primary N) is 1. The van der Waals surface area contributed by atoms with Gasteiger partial charge in [0.15, 0.2) is 0 Å². The summed E-state index contributed by atoms with van der Waals surface area (Å²) in [6.45, 7) is 6.14. The van der Waals surface area contributed by atoms with Crippen LogP contribution in [0, 0.1) is 18.2 Å². The highest BCUT2D eigenvalue weighted by Crippen LogP contribution is 2.50. The maximum atomic E-state index is 13.6. The van der Waals surface area contributed by atoms with E-state index in [9.17, 15) is 4.39 Å². The van der Waals surface area contributed by atoms with Crippen molar-refractivity contribution in [1.82, 2.24) is 0 Å².